The van der Waals surface area contributed by atoms with E-state index in [0.29, 0.717) is 29.4 Å². The van der Waals surface area contributed by atoms with Crippen LogP contribution in [0.2, 0.25) is 5.02 Å². The molecule has 1 unspecified atom stereocenters. The summed E-state index contributed by atoms with van der Waals surface area (Å²) in [5, 5.41) is 3.87. The van der Waals surface area contributed by atoms with Gasteiger partial charge in [-0.15, -0.1) is 0 Å². The Hall–Kier alpha value is -2.63. The number of anilines is 1. The van der Waals surface area contributed by atoms with Crippen molar-refractivity contribution in [1.82, 2.24) is 4.90 Å². The van der Waals surface area contributed by atoms with Gasteiger partial charge in [-0.05, 0) is 43.7 Å². The summed E-state index contributed by atoms with van der Waals surface area (Å²) >= 11 is 6.02. The zero-order valence-electron chi connectivity index (χ0n) is 16.2. The number of hydrogen-bond donors (Lipinski definition) is 1. The number of halogens is 1. The van der Waals surface area contributed by atoms with E-state index in [4.69, 9.17) is 16.3 Å². The second kappa shape index (κ2) is 8.59. The molecule has 3 rings (SSSR count). The maximum absolute atomic E-state index is 12.9. The molecule has 1 aliphatic rings. The molecule has 6 heteroatoms. The maximum atomic E-state index is 12.9. The molecule has 0 bridgehead atoms. The van der Waals surface area contributed by atoms with E-state index >= 15 is 0 Å². The highest BCUT2D eigenvalue weighted by atomic mass is 35.5. The molecule has 1 N–H and O–H groups in total. The number of likely N-dealkylation sites (tertiary alicyclic amines) is 1. The van der Waals surface area contributed by atoms with Crippen molar-refractivity contribution >= 4 is 29.0 Å². The Morgan fingerprint density at radius 3 is 2.36 bits per heavy atom. The van der Waals surface area contributed by atoms with Crippen molar-refractivity contribution < 1.29 is 14.3 Å². The Morgan fingerprint density at radius 1 is 1.11 bits per heavy atom. The highest BCUT2D eigenvalue weighted by Gasteiger charge is 2.44. The first kappa shape index (κ1) is 20.1. The number of carbonyl (C=O) groups is 2. The van der Waals surface area contributed by atoms with Gasteiger partial charge in [0.05, 0.1) is 18.2 Å². The molecule has 2 aromatic rings. The van der Waals surface area contributed by atoms with Crippen LogP contribution in [0.1, 0.15) is 24.1 Å². The third-order valence-corrected chi connectivity index (χ3v) is 5.05. The molecule has 0 aliphatic carbocycles. The smallest absolute Gasteiger partial charge is 0.295 e. The minimum Gasteiger partial charge on any atom is -0.383 e. The topological polar surface area (TPSA) is 58.6 Å². The lowest BCUT2D eigenvalue weighted by Gasteiger charge is -2.25. The molecule has 146 valence electrons. The summed E-state index contributed by atoms with van der Waals surface area (Å²) in [6, 6.07) is 14.6. The number of rotatable bonds is 6. The van der Waals surface area contributed by atoms with Crippen LogP contribution in [0.3, 0.4) is 0 Å². The van der Waals surface area contributed by atoms with Crippen molar-refractivity contribution in [3.63, 3.8) is 0 Å². The number of nitrogens with one attached hydrogen (secondary N) is 1. The molecule has 0 spiro atoms. The van der Waals surface area contributed by atoms with Crippen molar-refractivity contribution in [2.24, 2.45) is 0 Å². The minimum absolute atomic E-state index is 0.329. The van der Waals surface area contributed by atoms with Crippen LogP contribution in [-0.2, 0) is 14.3 Å². The number of benzene rings is 2. The first-order valence-electron chi connectivity index (χ1n) is 9.06. The van der Waals surface area contributed by atoms with Crippen LogP contribution in [0.5, 0.6) is 0 Å². The summed E-state index contributed by atoms with van der Waals surface area (Å²) < 4.78 is 5.14. The predicted molar refractivity (Wildman–Crippen MR) is 110 cm³/mol. The Labute approximate surface area is 169 Å². The zero-order chi connectivity index (χ0) is 20.3. The van der Waals surface area contributed by atoms with Gasteiger partial charge < -0.3 is 15.0 Å². The third-order valence-electron chi connectivity index (χ3n) is 4.79. The van der Waals surface area contributed by atoms with Crippen LogP contribution < -0.4 is 5.32 Å². The van der Waals surface area contributed by atoms with Crippen LogP contribution in [0.25, 0.3) is 0 Å². The average Bonchev–Trinajstić information content (AvgIpc) is 2.93. The molecule has 5 nitrogen and oxygen atoms in total. The number of amides is 1. The molecule has 1 atom stereocenters. The molecule has 0 saturated carbocycles. The third kappa shape index (κ3) is 4.11. The van der Waals surface area contributed by atoms with Crippen molar-refractivity contribution in [3.05, 3.63) is 76.0 Å². The molecule has 1 saturated heterocycles. The van der Waals surface area contributed by atoms with Gasteiger partial charge in [0.1, 0.15) is 0 Å². The summed E-state index contributed by atoms with van der Waals surface area (Å²) in [4.78, 5) is 27.1. The highest BCUT2D eigenvalue weighted by Crippen LogP contribution is 2.38. The van der Waals surface area contributed by atoms with Gasteiger partial charge in [-0.2, -0.15) is 0 Å². The first-order valence-corrected chi connectivity index (χ1v) is 9.44. The zero-order valence-corrected chi connectivity index (χ0v) is 16.9. The summed E-state index contributed by atoms with van der Waals surface area (Å²) in [5.74, 6) is -1.01. The molecule has 0 radical (unpaired) electrons. The van der Waals surface area contributed by atoms with Crippen LogP contribution in [0, 0.1) is 6.92 Å². The lowest BCUT2D eigenvalue weighted by Crippen LogP contribution is -2.32. The Bertz CT molecular complexity index is 904. The summed E-state index contributed by atoms with van der Waals surface area (Å²) in [5.41, 5.74) is 3.94. The lowest BCUT2D eigenvalue weighted by molar-refractivity contribution is -0.140. The van der Waals surface area contributed by atoms with Crippen LogP contribution in [0.4, 0.5) is 5.69 Å². The van der Waals surface area contributed by atoms with E-state index in [1.165, 1.54) is 0 Å². The van der Waals surface area contributed by atoms with Gasteiger partial charge in [0.15, 0.2) is 0 Å². The molecule has 0 aromatic heterocycles. The predicted octanol–water partition coefficient (Wildman–Crippen LogP) is 4.13. The van der Waals surface area contributed by atoms with Crippen LogP contribution in [0.15, 0.2) is 59.8 Å². The summed E-state index contributed by atoms with van der Waals surface area (Å²) in [7, 11) is 1.57. The van der Waals surface area contributed by atoms with Gasteiger partial charge in [-0.1, -0.05) is 41.4 Å². The molecule has 1 fully saturated rings. The van der Waals surface area contributed by atoms with E-state index in [0.717, 1.165) is 16.8 Å². The fraction of sp³-hybridized carbons (Fsp3) is 0.273. The number of aryl methyl sites for hydroxylation is 1. The quantitative estimate of drug-likeness (QED) is 0.587. The number of ketones is 1. The number of carbonyl (C=O) groups excluding carboxylic acids is 2. The molecule has 1 amide bonds. The molecule has 2 aromatic carbocycles. The fourth-order valence-electron chi connectivity index (χ4n) is 3.35. The van der Waals surface area contributed by atoms with Crippen LogP contribution >= 0.6 is 11.6 Å². The van der Waals surface area contributed by atoms with Gasteiger partial charge in [-0.3, -0.25) is 9.59 Å². The number of nitrogens with zero attached hydrogens (tertiary/aromatic N) is 1. The molecular weight excluding hydrogens is 376 g/mol. The highest BCUT2D eigenvalue weighted by molar-refractivity contribution is 6.45. The van der Waals surface area contributed by atoms with E-state index in [1.807, 2.05) is 50.2 Å². The number of Topliss-reactive ketones (excluding diaryl/α,β-unsaturated/α-hetero) is 1. The monoisotopic (exact) mass is 398 g/mol. The second-order valence-electron chi connectivity index (χ2n) is 6.80. The Morgan fingerprint density at radius 2 is 1.75 bits per heavy atom. The van der Waals surface area contributed by atoms with Crippen molar-refractivity contribution in [2.45, 2.75) is 19.9 Å². The Kier molecular flexibility index (Phi) is 6.17. The van der Waals surface area contributed by atoms with E-state index in [-0.39, 0.29) is 0 Å². The van der Waals surface area contributed by atoms with Gasteiger partial charge in [0.25, 0.3) is 11.7 Å². The normalized spacial score (nSPS) is 18.6. The van der Waals surface area contributed by atoms with Crippen LogP contribution in [-0.4, -0.2) is 36.9 Å². The number of allylic oxidation sites excluding steroid dienone is 1. The standard InChI is InChI=1S/C22H23ClN2O3/c1-14-4-10-18(11-5-14)24-15(2)19-20(16-6-8-17(23)9-7-16)25(12-13-28-3)22(27)21(19)26/h4-11,20,24H,12-13H2,1-3H3/b19-15+. The number of ether oxygens (including phenoxy) is 1. The van der Waals surface area contributed by atoms with Crippen molar-refractivity contribution in [3.8, 4) is 0 Å². The molecule has 1 heterocycles. The van der Waals surface area contributed by atoms with Crippen molar-refractivity contribution in [1.29, 1.82) is 0 Å². The number of hydrogen-bond acceptors (Lipinski definition) is 4. The van der Waals surface area contributed by atoms with E-state index in [9.17, 15) is 9.59 Å². The summed E-state index contributed by atoms with van der Waals surface area (Å²) in [6.07, 6.45) is 0. The Balaban J connectivity index is 2.03. The van der Waals surface area contributed by atoms with Gasteiger partial charge in [0, 0.05) is 30.1 Å². The summed E-state index contributed by atoms with van der Waals surface area (Å²) in [6.45, 7) is 4.51. The second-order valence-corrected chi connectivity index (χ2v) is 7.24. The fourth-order valence-corrected chi connectivity index (χ4v) is 3.48. The molecule has 1 aliphatic heterocycles. The number of methoxy groups -OCH3 is 1. The maximum Gasteiger partial charge on any atom is 0.295 e. The molecular formula is C22H23ClN2O3. The van der Waals surface area contributed by atoms with E-state index in [1.54, 1.807) is 24.1 Å². The minimum atomic E-state index is -0.517. The van der Waals surface area contributed by atoms with E-state index < -0.39 is 17.7 Å². The first-order chi connectivity index (χ1) is 13.4. The molecule has 28 heavy (non-hydrogen) atoms. The van der Waals surface area contributed by atoms with Gasteiger partial charge >= 0.3 is 0 Å². The average molecular weight is 399 g/mol. The SMILES string of the molecule is COCCN1C(=O)C(=O)/C(=C(\C)Nc2ccc(C)cc2)C1c1ccc(Cl)cc1. The van der Waals surface area contributed by atoms with Gasteiger partial charge in [-0.25, -0.2) is 0 Å². The lowest BCUT2D eigenvalue weighted by atomic mass is 9.97. The van der Waals surface area contributed by atoms with Crippen molar-refractivity contribution in [2.75, 3.05) is 25.6 Å². The largest absolute Gasteiger partial charge is 0.383 e. The van der Waals surface area contributed by atoms with E-state index in [2.05, 4.69) is 5.32 Å². The van der Waals surface area contributed by atoms with Gasteiger partial charge in [0.2, 0.25) is 0 Å².